The van der Waals surface area contributed by atoms with E-state index in [0.29, 0.717) is 0 Å². The SMILES string of the molecule is CC(C)C1=C(C(C)C)CC2(CCC2)C1. The summed E-state index contributed by atoms with van der Waals surface area (Å²) >= 11 is 0. The summed E-state index contributed by atoms with van der Waals surface area (Å²) in [6.45, 7) is 9.48. The molecule has 0 amide bonds. The van der Waals surface area contributed by atoms with Crippen LogP contribution in [0.15, 0.2) is 11.1 Å². The Morgan fingerprint density at radius 1 is 0.857 bits per heavy atom. The van der Waals surface area contributed by atoms with Gasteiger partial charge in [0.2, 0.25) is 0 Å². The molecule has 14 heavy (non-hydrogen) atoms. The lowest BCUT2D eigenvalue weighted by molar-refractivity contribution is 0.144. The Hall–Kier alpha value is -0.260. The molecule has 0 aromatic carbocycles. The van der Waals surface area contributed by atoms with Gasteiger partial charge in [-0.2, -0.15) is 0 Å². The molecule has 80 valence electrons. The van der Waals surface area contributed by atoms with Gasteiger partial charge in [0, 0.05) is 0 Å². The highest BCUT2D eigenvalue weighted by Gasteiger charge is 2.43. The zero-order valence-electron chi connectivity index (χ0n) is 10.2. The smallest absolute Gasteiger partial charge is 0.0223 e. The van der Waals surface area contributed by atoms with Crippen molar-refractivity contribution in [1.29, 1.82) is 0 Å². The molecule has 0 nitrogen and oxygen atoms in total. The Kier molecular flexibility index (Phi) is 2.49. The third kappa shape index (κ3) is 1.53. The first-order chi connectivity index (χ1) is 6.54. The summed E-state index contributed by atoms with van der Waals surface area (Å²) in [6, 6.07) is 0. The average Bonchev–Trinajstić information content (AvgIpc) is 2.42. The van der Waals surface area contributed by atoms with Gasteiger partial charge in [-0.25, -0.2) is 0 Å². The normalized spacial score (nSPS) is 25.3. The van der Waals surface area contributed by atoms with Crippen LogP contribution in [0.4, 0.5) is 0 Å². The van der Waals surface area contributed by atoms with E-state index in [9.17, 15) is 0 Å². The molecule has 0 unspecified atom stereocenters. The van der Waals surface area contributed by atoms with Gasteiger partial charge in [-0.15, -0.1) is 0 Å². The van der Waals surface area contributed by atoms with Crippen LogP contribution in [0.5, 0.6) is 0 Å². The summed E-state index contributed by atoms with van der Waals surface area (Å²) in [7, 11) is 0. The monoisotopic (exact) mass is 192 g/mol. The Morgan fingerprint density at radius 3 is 1.50 bits per heavy atom. The molecular weight excluding hydrogens is 168 g/mol. The van der Waals surface area contributed by atoms with Crippen molar-refractivity contribution in [2.45, 2.75) is 59.8 Å². The van der Waals surface area contributed by atoms with E-state index in [1.54, 1.807) is 11.1 Å². The molecule has 1 spiro atoms. The molecule has 2 rings (SSSR count). The number of hydrogen-bond acceptors (Lipinski definition) is 0. The van der Waals surface area contributed by atoms with E-state index in [1.165, 1.54) is 32.1 Å². The quantitative estimate of drug-likeness (QED) is 0.563. The molecular formula is C14H24. The standard InChI is InChI=1S/C14H24/c1-10(2)12-8-14(6-5-7-14)9-13(12)11(3)4/h10-11H,5-9H2,1-4H3. The van der Waals surface area contributed by atoms with Gasteiger partial charge >= 0.3 is 0 Å². The second kappa shape index (κ2) is 3.40. The van der Waals surface area contributed by atoms with Crippen molar-refractivity contribution >= 4 is 0 Å². The molecule has 2 aliphatic rings. The Bertz CT molecular complexity index is 229. The van der Waals surface area contributed by atoms with Crippen LogP contribution in [0.1, 0.15) is 59.8 Å². The van der Waals surface area contributed by atoms with Gasteiger partial charge < -0.3 is 0 Å². The number of allylic oxidation sites excluding steroid dienone is 2. The zero-order valence-corrected chi connectivity index (χ0v) is 10.2. The molecule has 0 N–H and O–H groups in total. The topological polar surface area (TPSA) is 0 Å². The summed E-state index contributed by atoms with van der Waals surface area (Å²) in [4.78, 5) is 0. The highest BCUT2D eigenvalue weighted by atomic mass is 14.5. The highest BCUT2D eigenvalue weighted by molar-refractivity contribution is 5.28. The van der Waals surface area contributed by atoms with Crippen LogP contribution < -0.4 is 0 Å². The van der Waals surface area contributed by atoms with Crippen LogP contribution in [-0.2, 0) is 0 Å². The van der Waals surface area contributed by atoms with Crippen molar-refractivity contribution in [2.24, 2.45) is 17.3 Å². The molecule has 0 aliphatic heterocycles. The Labute approximate surface area is 88.8 Å². The summed E-state index contributed by atoms with van der Waals surface area (Å²) in [5.41, 5.74) is 4.36. The molecule has 2 aliphatic carbocycles. The van der Waals surface area contributed by atoms with E-state index in [2.05, 4.69) is 27.7 Å². The van der Waals surface area contributed by atoms with Crippen molar-refractivity contribution in [3.63, 3.8) is 0 Å². The van der Waals surface area contributed by atoms with Crippen LogP contribution in [-0.4, -0.2) is 0 Å². The largest absolute Gasteiger partial charge is 0.0676 e. The maximum absolute atomic E-state index is 2.37. The van der Waals surface area contributed by atoms with Crippen LogP contribution >= 0.6 is 0 Å². The van der Waals surface area contributed by atoms with Gasteiger partial charge in [0.1, 0.15) is 0 Å². The van der Waals surface area contributed by atoms with Gasteiger partial charge in [0.05, 0.1) is 0 Å². The molecule has 1 saturated carbocycles. The minimum atomic E-state index is 0.749. The van der Waals surface area contributed by atoms with Gasteiger partial charge in [-0.1, -0.05) is 45.3 Å². The number of hydrogen-bond donors (Lipinski definition) is 0. The molecule has 0 aromatic heterocycles. The van der Waals surface area contributed by atoms with E-state index >= 15 is 0 Å². The van der Waals surface area contributed by atoms with Crippen molar-refractivity contribution < 1.29 is 0 Å². The van der Waals surface area contributed by atoms with E-state index < -0.39 is 0 Å². The second-order valence-electron chi connectivity index (χ2n) is 6.07. The predicted octanol–water partition coefficient (Wildman–Crippen LogP) is 4.56. The average molecular weight is 192 g/mol. The summed E-state index contributed by atoms with van der Waals surface area (Å²) < 4.78 is 0. The van der Waals surface area contributed by atoms with E-state index in [4.69, 9.17) is 0 Å². The van der Waals surface area contributed by atoms with Crippen molar-refractivity contribution in [1.82, 2.24) is 0 Å². The van der Waals surface area contributed by atoms with Gasteiger partial charge in [0.15, 0.2) is 0 Å². The van der Waals surface area contributed by atoms with Crippen molar-refractivity contribution in [2.75, 3.05) is 0 Å². The Balaban J connectivity index is 2.18. The molecule has 0 aromatic rings. The minimum absolute atomic E-state index is 0.749. The maximum atomic E-state index is 2.37. The van der Waals surface area contributed by atoms with Crippen LogP contribution in [0, 0.1) is 17.3 Å². The highest BCUT2D eigenvalue weighted by Crippen LogP contribution is 2.57. The van der Waals surface area contributed by atoms with Gasteiger partial charge in [-0.3, -0.25) is 0 Å². The van der Waals surface area contributed by atoms with E-state index in [-0.39, 0.29) is 0 Å². The third-order valence-corrected chi connectivity index (χ3v) is 4.35. The molecule has 1 fully saturated rings. The summed E-state index contributed by atoms with van der Waals surface area (Å²) in [6.07, 6.45) is 7.34. The number of rotatable bonds is 2. The third-order valence-electron chi connectivity index (χ3n) is 4.35. The van der Waals surface area contributed by atoms with Crippen LogP contribution in [0.25, 0.3) is 0 Å². The van der Waals surface area contributed by atoms with E-state index in [0.717, 1.165) is 17.3 Å². The van der Waals surface area contributed by atoms with Gasteiger partial charge in [-0.05, 0) is 42.9 Å². The molecule has 0 heteroatoms. The first-order valence-corrected chi connectivity index (χ1v) is 6.26. The lowest BCUT2D eigenvalue weighted by Crippen LogP contribution is -2.26. The summed E-state index contributed by atoms with van der Waals surface area (Å²) in [5, 5.41) is 0. The van der Waals surface area contributed by atoms with Crippen LogP contribution in [0.3, 0.4) is 0 Å². The molecule has 0 radical (unpaired) electrons. The molecule has 0 saturated heterocycles. The summed E-state index contributed by atoms with van der Waals surface area (Å²) in [5.74, 6) is 1.57. The fraction of sp³-hybridized carbons (Fsp3) is 0.857. The van der Waals surface area contributed by atoms with E-state index in [1.807, 2.05) is 0 Å². The van der Waals surface area contributed by atoms with Crippen molar-refractivity contribution in [3.05, 3.63) is 11.1 Å². The molecule has 0 heterocycles. The predicted molar refractivity (Wildman–Crippen MR) is 62.2 cm³/mol. The molecule has 0 bridgehead atoms. The lowest BCUT2D eigenvalue weighted by Gasteiger charge is -2.39. The zero-order chi connectivity index (χ0) is 10.3. The Morgan fingerprint density at radius 2 is 1.29 bits per heavy atom. The maximum Gasteiger partial charge on any atom is -0.0223 e. The lowest BCUT2D eigenvalue weighted by atomic mass is 9.66. The van der Waals surface area contributed by atoms with Gasteiger partial charge in [0.25, 0.3) is 0 Å². The van der Waals surface area contributed by atoms with Crippen molar-refractivity contribution in [3.8, 4) is 0 Å². The van der Waals surface area contributed by atoms with Crippen LogP contribution in [0.2, 0.25) is 0 Å². The fourth-order valence-electron chi connectivity index (χ4n) is 3.28. The second-order valence-corrected chi connectivity index (χ2v) is 6.07. The minimum Gasteiger partial charge on any atom is -0.0676 e. The fourth-order valence-corrected chi connectivity index (χ4v) is 3.28. The first-order valence-electron chi connectivity index (χ1n) is 6.26. The first kappa shape index (κ1) is 10.3. The molecule has 0 atom stereocenters.